The van der Waals surface area contributed by atoms with Gasteiger partial charge in [-0.2, -0.15) is 5.26 Å². The number of unbranched alkanes of at least 4 members (excludes halogenated alkanes) is 1. The van der Waals surface area contributed by atoms with E-state index in [1.54, 1.807) is 18.7 Å². The van der Waals surface area contributed by atoms with E-state index in [1.165, 1.54) is 0 Å². The number of rotatable bonds is 5. The summed E-state index contributed by atoms with van der Waals surface area (Å²) in [4.78, 5) is 16.8. The van der Waals surface area contributed by atoms with Gasteiger partial charge in [0.25, 0.3) is 0 Å². The highest BCUT2D eigenvalue weighted by molar-refractivity contribution is 8.14. The van der Waals surface area contributed by atoms with Gasteiger partial charge in [-0.1, -0.05) is 43.7 Å². The number of benzene rings is 1. The Bertz CT molecular complexity index is 670. The SMILES string of the molecule is CCCCSC1=NC(C)=C(C(C)=O)[C@@H](c2ccccc2)C1C#N. The number of nitriles is 1. The molecule has 1 aromatic carbocycles. The smallest absolute Gasteiger partial charge is 0.158 e. The fourth-order valence-corrected chi connectivity index (χ4v) is 4.11. The molecule has 0 amide bonds. The molecule has 0 aliphatic carbocycles. The molecule has 0 fully saturated rings. The first-order chi connectivity index (χ1) is 11.1. The summed E-state index contributed by atoms with van der Waals surface area (Å²) in [5.41, 5.74) is 2.42. The Morgan fingerprint density at radius 1 is 1.35 bits per heavy atom. The van der Waals surface area contributed by atoms with Crippen LogP contribution in [0.3, 0.4) is 0 Å². The zero-order chi connectivity index (χ0) is 16.8. The Balaban J connectivity index is 2.47. The number of ketones is 1. The lowest BCUT2D eigenvalue weighted by Gasteiger charge is -2.29. The third-order valence-corrected chi connectivity index (χ3v) is 5.14. The van der Waals surface area contributed by atoms with Crippen LogP contribution in [0.1, 0.15) is 45.1 Å². The van der Waals surface area contributed by atoms with Crippen LogP contribution in [-0.4, -0.2) is 16.6 Å². The van der Waals surface area contributed by atoms with Crippen LogP contribution in [0, 0.1) is 17.2 Å². The Kier molecular flexibility index (Phi) is 6.18. The van der Waals surface area contributed by atoms with Crippen LogP contribution in [0.4, 0.5) is 0 Å². The van der Waals surface area contributed by atoms with Gasteiger partial charge in [0.2, 0.25) is 0 Å². The molecule has 1 heterocycles. The molecule has 0 saturated carbocycles. The molecule has 0 saturated heterocycles. The number of nitrogens with zero attached hydrogens (tertiary/aromatic N) is 2. The van der Waals surface area contributed by atoms with Crippen molar-refractivity contribution < 1.29 is 4.79 Å². The van der Waals surface area contributed by atoms with Crippen molar-refractivity contribution in [2.24, 2.45) is 10.9 Å². The molecule has 0 bridgehead atoms. The normalized spacial score (nSPS) is 20.9. The number of thioether (sulfide) groups is 1. The molecule has 1 aliphatic heterocycles. The molecule has 4 heteroatoms. The standard InChI is InChI=1S/C19H22N2OS/c1-4-5-11-23-19-16(12-20)18(15-9-7-6-8-10-15)17(14(3)22)13(2)21-19/h6-10,16,18H,4-5,11H2,1-3H3/t16?,18-/m0/s1. The van der Waals surface area contributed by atoms with E-state index < -0.39 is 0 Å². The van der Waals surface area contributed by atoms with Gasteiger partial charge in [-0.05, 0) is 31.6 Å². The maximum Gasteiger partial charge on any atom is 0.158 e. The van der Waals surface area contributed by atoms with E-state index in [0.29, 0.717) is 5.57 Å². The van der Waals surface area contributed by atoms with Crippen molar-refractivity contribution in [2.75, 3.05) is 5.75 Å². The van der Waals surface area contributed by atoms with Gasteiger partial charge in [0, 0.05) is 17.2 Å². The number of Topliss-reactive ketones (excluding diaryl/α,β-unsaturated/α-hetero) is 1. The molecule has 1 unspecified atom stereocenters. The zero-order valence-electron chi connectivity index (χ0n) is 13.9. The highest BCUT2D eigenvalue weighted by Crippen LogP contribution is 2.41. The third kappa shape index (κ3) is 3.92. The number of allylic oxidation sites excluding steroid dienone is 2. The molecule has 1 aliphatic rings. The van der Waals surface area contributed by atoms with Crippen LogP contribution in [0.25, 0.3) is 0 Å². The van der Waals surface area contributed by atoms with Crippen molar-refractivity contribution in [2.45, 2.75) is 39.5 Å². The highest BCUT2D eigenvalue weighted by Gasteiger charge is 2.37. The monoisotopic (exact) mass is 326 g/mol. The first kappa shape index (κ1) is 17.5. The summed E-state index contributed by atoms with van der Waals surface area (Å²) in [6.07, 6.45) is 2.22. The van der Waals surface area contributed by atoms with Gasteiger partial charge < -0.3 is 0 Å². The summed E-state index contributed by atoms with van der Waals surface area (Å²) >= 11 is 1.65. The summed E-state index contributed by atoms with van der Waals surface area (Å²) < 4.78 is 0. The molecule has 0 aromatic heterocycles. The van der Waals surface area contributed by atoms with Gasteiger partial charge in [-0.3, -0.25) is 4.79 Å². The molecule has 0 N–H and O–H groups in total. The largest absolute Gasteiger partial charge is 0.295 e. The van der Waals surface area contributed by atoms with E-state index in [1.807, 2.05) is 37.3 Å². The highest BCUT2D eigenvalue weighted by atomic mass is 32.2. The average molecular weight is 326 g/mol. The third-order valence-electron chi connectivity index (χ3n) is 4.00. The summed E-state index contributed by atoms with van der Waals surface area (Å²) in [6.45, 7) is 5.59. The number of hydrogen-bond donors (Lipinski definition) is 0. The lowest BCUT2D eigenvalue weighted by molar-refractivity contribution is -0.114. The van der Waals surface area contributed by atoms with Crippen molar-refractivity contribution in [1.29, 1.82) is 5.26 Å². The van der Waals surface area contributed by atoms with Gasteiger partial charge in [-0.15, -0.1) is 11.8 Å². The second-order valence-electron chi connectivity index (χ2n) is 5.70. The average Bonchev–Trinajstić information content (AvgIpc) is 2.55. The summed E-state index contributed by atoms with van der Waals surface area (Å²) in [6, 6.07) is 12.2. The molecule has 120 valence electrons. The molecule has 2 rings (SSSR count). The van der Waals surface area contributed by atoms with Gasteiger partial charge in [0.05, 0.1) is 11.1 Å². The van der Waals surface area contributed by atoms with E-state index in [0.717, 1.165) is 34.9 Å². The van der Waals surface area contributed by atoms with Gasteiger partial charge in [-0.25, -0.2) is 4.99 Å². The number of aliphatic imine (C=N–C) groups is 1. The van der Waals surface area contributed by atoms with Crippen LogP contribution in [0.15, 0.2) is 46.6 Å². The van der Waals surface area contributed by atoms with E-state index in [-0.39, 0.29) is 17.6 Å². The minimum absolute atomic E-state index is 0.00189. The van der Waals surface area contributed by atoms with E-state index >= 15 is 0 Å². The maximum absolute atomic E-state index is 12.2. The molecule has 23 heavy (non-hydrogen) atoms. The van der Waals surface area contributed by atoms with Gasteiger partial charge >= 0.3 is 0 Å². The minimum atomic E-state index is -0.387. The molecular weight excluding hydrogens is 304 g/mol. The van der Waals surface area contributed by atoms with Crippen molar-refractivity contribution >= 4 is 22.6 Å². The van der Waals surface area contributed by atoms with Gasteiger partial charge in [0.15, 0.2) is 5.78 Å². The molecule has 1 aromatic rings. The second-order valence-corrected chi connectivity index (χ2v) is 6.82. The predicted molar refractivity (Wildman–Crippen MR) is 96.5 cm³/mol. The first-order valence-electron chi connectivity index (χ1n) is 7.97. The summed E-state index contributed by atoms with van der Waals surface area (Å²) in [7, 11) is 0. The van der Waals surface area contributed by atoms with E-state index in [9.17, 15) is 10.1 Å². The van der Waals surface area contributed by atoms with Crippen LogP contribution in [-0.2, 0) is 4.79 Å². The number of carbonyl (C=O) groups is 1. The van der Waals surface area contributed by atoms with Crippen molar-refractivity contribution in [3.8, 4) is 6.07 Å². The number of carbonyl (C=O) groups excluding carboxylic acids is 1. The summed E-state index contributed by atoms with van der Waals surface area (Å²) in [5, 5.41) is 10.6. The Morgan fingerprint density at radius 3 is 2.61 bits per heavy atom. The van der Waals surface area contributed by atoms with Crippen LogP contribution in [0.5, 0.6) is 0 Å². The molecule has 0 radical (unpaired) electrons. The Hall–Kier alpha value is -1.86. The molecule has 0 spiro atoms. The Labute approximate surface area is 142 Å². The van der Waals surface area contributed by atoms with E-state index in [4.69, 9.17) is 0 Å². The fraction of sp³-hybridized carbons (Fsp3) is 0.421. The second kappa shape index (κ2) is 8.12. The fourth-order valence-electron chi connectivity index (χ4n) is 2.90. The quantitative estimate of drug-likeness (QED) is 0.736. The van der Waals surface area contributed by atoms with Crippen LogP contribution < -0.4 is 0 Å². The first-order valence-corrected chi connectivity index (χ1v) is 8.96. The maximum atomic E-state index is 12.2. The lowest BCUT2D eigenvalue weighted by atomic mass is 9.78. The predicted octanol–water partition coefficient (Wildman–Crippen LogP) is 4.72. The van der Waals surface area contributed by atoms with Crippen LogP contribution >= 0.6 is 11.8 Å². The molecule has 3 nitrogen and oxygen atoms in total. The topological polar surface area (TPSA) is 53.2 Å². The molecule has 2 atom stereocenters. The van der Waals surface area contributed by atoms with Gasteiger partial charge in [0.1, 0.15) is 5.92 Å². The van der Waals surface area contributed by atoms with Crippen molar-refractivity contribution in [3.63, 3.8) is 0 Å². The lowest BCUT2D eigenvalue weighted by Crippen LogP contribution is -2.28. The zero-order valence-corrected chi connectivity index (χ0v) is 14.7. The van der Waals surface area contributed by atoms with Crippen molar-refractivity contribution in [3.05, 3.63) is 47.2 Å². The summed E-state index contributed by atoms with van der Waals surface area (Å²) in [5.74, 6) is 0.345. The van der Waals surface area contributed by atoms with E-state index in [2.05, 4.69) is 18.0 Å². The minimum Gasteiger partial charge on any atom is -0.295 e. The van der Waals surface area contributed by atoms with Crippen molar-refractivity contribution in [1.82, 2.24) is 0 Å². The Morgan fingerprint density at radius 2 is 2.04 bits per heavy atom. The number of hydrogen-bond acceptors (Lipinski definition) is 4. The molecular formula is C19H22N2OS. The van der Waals surface area contributed by atoms with Crippen LogP contribution in [0.2, 0.25) is 0 Å².